The van der Waals surface area contributed by atoms with Gasteiger partial charge in [0, 0.05) is 44.1 Å². The van der Waals surface area contributed by atoms with E-state index in [2.05, 4.69) is 78.2 Å². The first-order valence-electron chi connectivity index (χ1n) is 10.4. The first kappa shape index (κ1) is 19.6. The summed E-state index contributed by atoms with van der Waals surface area (Å²) < 4.78 is 0. The average molecular weight is 364 g/mol. The molecule has 0 radical (unpaired) electrons. The van der Waals surface area contributed by atoms with E-state index in [1.54, 1.807) is 0 Å². The second-order valence-electron chi connectivity index (χ2n) is 7.36. The zero-order valence-electron chi connectivity index (χ0n) is 16.9. The van der Waals surface area contributed by atoms with Crippen LogP contribution in [0.5, 0.6) is 0 Å². The van der Waals surface area contributed by atoms with Crippen molar-refractivity contribution in [1.82, 2.24) is 4.90 Å². The van der Waals surface area contributed by atoms with Crippen LogP contribution in [0.1, 0.15) is 44.2 Å². The molecule has 0 aliphatic carbocycles. The van der Waals surface area contributed by atoms with Crippen molar-refractivity contribution in [1.29, 1.82) is 0 Å². The minimum absolute atomic E-state index is 0.809. The van der Waals surface area contributed by atoms with E-state index in [9.17, 15) is 0 Å². The number of aliphatic imine (C=N–C) groups is 1. The topological polar surface area (TPSA) is 18.8 Å². The van der Waals surface area contributed by atoms with Gasteiger partial charge >= 0.3 is 0 Å². The Morgan fingerprint density at radius 1 is 0.889 bits per heavy atom. The Bertz CT molecular complexity index is 715. The van der Waals surface area contributed by atoms with Gasteiger partial charge in [-0.1, -0.05) is 68.8 Å². The number of para-hydroxylation sites is 1. The van der Waals surface area contributed by atoms with Crippen molar-refractivity contribution in [3.8, 4) is 0 Å². The van der Waals surface area contributed by atoms with Gasteiger partial charge in [0.05, 0.1) is 6.54 Å². The Labute approximate surface area is 164 Å². The van der Waals surface area contributed by atoms with Gasteiger partial charge in [-0.05, 0) is 30.0 Å². The number of nitrogens with zero attached hydrogens (tertiary/aromatic N) is 3. The first-order chi connectivity index (χ1) is 13.3. The highest BCUT2D eigenvalue weighted by molar-refractivity contribution is 5.84. The molecule has 0 aromatic heterocycles. The molecule has 144 valence electrons. The van der Waals surface area contributed by atoms with E-state index in [0.717, 1.165) is 52.1 Å². The van der Waals surface area contributed by atoms with Crippen LogP contribution in [-0.2, 0) is 13.1 Å². The second-order valence-corrected chi connectivity index (χ2v) is 7.36. The Morgan fingerprint density at radius 3 is 2.30 bits per heavy atom. The zero-order chi connectivity index (χ0) is 18.9. The Kier molecular flexibility index (Phi) is 7.46. The summed E-state index contributed by atoms with van der Waals surface area (Å²) in [7, 11) is 0. The molecule has 2 aromatic rings. The van der Waals surface area contributed by atoms with Crippen molar-refractivity contribution in [2.24, 2.45) is 4.99 Å². The normalized spacial score (nSPS) is 15.9. The van der Waals surface area contributed by atoms with Crippen LogP contribution >= 0.6 is 0 Å². The van der Waals surface area contributed by atoms with Crippen molar-refractivity contribution >= 4 is 11.4 Å². The molecule has 3 heteroatoms. The summed E-state index contributed by atoms with van der Waals surface area (Å²) in [6, 6.07) is 19.6. The van der Waals surface area contributed by atoms with Gasteiger partial charge in [-0.2, -0.15) is 0 Å². The summed E-state index contributed by atoms with van der Waals surface area (Å²) in [5.41, 5.74) is 5.48. The van der Waals surface area contributed by atoms with Crippen LogP contribution in [0.2, 0.25) is 0 Å². The lowest BCUT2D eigenvalue weighted by atomic mass is 10.1. The van der Waals surface area contributed by atoms with E-state index in [1.807, 2.05) is 0 Å². The van der Waals surface area contributed by atoms with Crippen LogP contribution in [0.25, 0.3) is 0 Å². The molecular formula is C24H33N3. The minimum Gasteiger partial charge on any atom is -0.369 e. The van der Waals surface area contributed by atoms with Gasteiger partial charge < -0.3 is 4.90 Å². The number of benzene rings is 2. The Morgan fingerprint density at radius 2 is 1.59 bits per heavy atom. The monoisotopic (exact) mass is 363 g/mol. The van der Waals surface area contributed by atoms with Crippen molar-refractivity contribution in [3.63, 3.8) is 0 Å². The van der Waals surface area contributed by atoms with E-state index < -0.39 is 0 Å². The minimum atomic E-state index is 0.809. The van der Waals surface area contributed by atoms with Gasteiger partial charge in [-0.25, -0.2) is 0 Å². The third kappa shape index (κ3) is 5.67. The van der Waals surface area contributed by atoms with Crippen LogP contribution in [0.15, 0.2) is 59.6 Å². The maximum Gasteiger partial charge on any atom is 0.0659 e. The van der Waals surface area contributed by atoms with E-state index in [4.69, 9.17) is 4.99 Å². The molecule has 0 unspecified atom stereocenters. The van der Waals surface area contributed by atoms with Crippen LogP contribution in [0.3, 0.4) is 0 Å². The molecular weight excluding hydrogens is 330 g/mol. The number of rotatable bonds is 8. The van der Waals surface area contributed by atoms with Gasteiger partial charge in [-0.15, -0.1) is 0 Å². The standard InChI is InChI=1S/C24H33N3/c1-3-10-23(4-2)25-19-22-13-8-9-14-24(22)27-17-15-26(16-18-27)20-21-11-6-5-7-12-21/h5-9,11-14H,3-4,10,15-20H2,1-2H3. The molecule has 1 heterocycles. The number of anilines is 1. The number of hydrogen-bond acceptors (Lipinski definition) is 3. The molecule has 2 aromatic carbocycles. The third-order valence-electron chi connectivity index (χ3n) is 5.37. The smallest absolute Gasteiger partial charge is 0.0659 e. The Balaban J connectivity index is 1.61. The highest BCUT2D eigenvalue weighted by Gasteiger charge is 2.19. The quantitative estimate of drug-likeness (QED) is 0.603. The summed E-state index contributed by atoms with van der Waals surface area (Å²) in [4.78, 5) is 10.0. The second kappa shape index (κ2) is 10.3. The maximum absolute atomic E-state index is 4.91. The molecule has 1 fully saturated rings. The average Bonchev–Trinajstić information content (AvgIpc) is 2.73. The highest BCUT2D eigenvalue weighted by atomic mass is 15.3. The van der Waals surface area contributed by atoms with Crippen molar-refractivity contribution in [2.75, 3.05) is 31.1 Å². The van der Waals surface area contributed by atoms with Crippen LogP contribution in [-0.4, -0.2) is 36.8 Å². The Hall–Kier alpha value is -2.13. The lowest BCUT2D eigenvalue weighted by Gasteiger charge is -2.37. The molecule has 0 bridgehead atoms. The SMILES string of the molecule is CCCC(CC)=NCc1ccccc1N1CCN(Cc2ccccc2)CC1. The molecule has 1 saturated heterocycles. The summed E-state index contributed by atoms with van der Waals surface area (Å²) in [5.74, 6) is 0. The molecule has 1 aliphatic heterocycles. The predicted molar refractivity (Wildman–Crippen MR) is 117 cm³/mol. The van der Waals surface area contributed by atoms with Gasteiger partial charge in [0.2, 0.25) is 0 Å². The van der Waals surface area contributed by atoms with Crippen LogP contribution in [0.4, 0.5) is 5.69 Å². The molecule has 3 nitrogen and oxygen atoms in total. The van der Waals surface area contributed by atoms with Crippen molar-refractivity contribution in [3.05, 3.63) is 65.7 Å². The van der Waals surface area contributed by atoms with Gasteiger partial charge in [0.25, 0.3) is 0 Å². The molecule has 3 rings (SSSR count). The van der Waals surface area contributed by atoms with Gasteiger partial charge in [0.15, 0.2) is 0 Å². The fraction of sp³-hybridized carbons (Fsp3) is 0.458. The predicted octanol–water partition coefficient (Wildman–Crippen LogP) is 5.16. The molecule has 0 spiro atoms. The molecule has 0 amide bonds. The van der Waals surface area contributed by atoms with Gasteiger partial charge in [-0.3, -0.25) is 9.89 Å². The van der Waals surface area contributed by atoms with E-state index >= 15 is 0 Å². The maximum atomic E-state index is 4.91. The highest BCUT2D eigenvalue weighted by Crippen LogP contribution is 2.23. The van der Waals surface area contributed by atoms with Crippen LogP contribution < -0.4 is 4.90 Å². The van der Waals surface area contributed by atoms with Crippen LogP contribution in [0, 0.1) is 0 Å². The summed E-state index contributed by atoms with van der Waals surface area (Å²) in [6.45, 7) is 10.7. The third-order valence-corrected chi connectivity index (χ3v) is 5.37. The van der Waals surface area contributed by atoms with E-state index in [0.29, 0.717) is 0 Å². The number of piperazine rings is 1. The first-order valence-corrected chi connectivity index (χ1v) is 10.4. The summed E-state index contributed by atoms with van der Waals surface area (Å²) in [6.07, 6.45) is 3.36. The summed E-state index contributed by atoms with van der Waals surface area (Å²) in [5, 5.41) is 0. The molecule has 0 N–H and O–H groups in total. The largest absolute Gasteiger partial charge is 0.369 e. The van der Waals surface area contributed by atoms with E-state index in [-0.39, 0.29) is 0 Å². The molecule has 0 saturated carbocycles. The lowest BCUT2D eigenvalue weighted by Crippen LogP contribution is -2.46. The van der Waals surface area contributed by atoms with Crippen molar-refractivity contribution < 1.29 is 0 Å². The molecule has 27 heavy (non-hydrogen) atoms. The molecule has 1 aliphatic rings. The lowest BCUT2D eigenvalue weighted by molar-refractivity contribution is 0.250. The summed E-state index contributed by atoms with van der Waals surface area (Å²) >= 11 is 0. The van der Waals surface area contributed by atoms with E-state index in [1.165, 1.54) is 28.9 Å². The fourth-order valence-electron chi connectivity index (χ4n) is 3.79. The zero-order valence-corrected chi connectivity index (χ0v) is 16.9. The number of hydrogen-bond donors (Lipinski definition) is 0. The van der Waals surface area contributed by atoms with Gasteiger partial charge in [0.1, 0.15) is 0 Å². The van der Waals surface area contributed by atoms with Crippen molar-refractivity contribution in [2.45, 2.75) is 46.2 Å². The fourth-order valence-corrected chi connectivity index (χ4v) is 3.79. The molecule has 0 atom stereocenters.